The Labute approximate surface area is 574 Å². The first-order valence-corrected chi connectivity index (χ1v) is 27.5. The summed E-state index contributed by atoms with van der Waals surface area (Å²) in [5.74, 6) is -20.3. The molecule has 0 aliphatic carbocycles. The van der Waals surface area contributed by atoms with E-state index in [0.717, 1.165) is 108 Å². The van der Waals surface area contributed by atoms with Crippen LogP contribution in [0.4, 0.5) is 0 Å². The molecule has 37 heteroatoms. The zero-order valence-electron chi connectivity index (χ0n) is 53.2. The van der Waals surface area contributed by atoms with Gasteiger partial charge < -0.3 is 96.3 Å². The number of rotatable bonds is 21. The minimum atomic E-state index is -1.38. The Morgan fingerprint density at radius 2 is 0.735 bits per heavy atom. The summed E-state index contributed by atoms with van der Waals surface area (Å²) in [6.07, 6.45) is 9.96. The van der Waals surface area contributed by atoms with Crippen molar-refractivity contribution in [2.75, 3.05) is 49.8 Å². The Balaban J connectivity index is 0.000000539. The number of carboxylic acid groups (broad SMARTS) is 1. The average molecular weight is 1440 g/mol. The fourth-order valence-electron chi connectivity index (χ4n) is 6.76. The Hall–Kier alpha value is -14.5. The first-order valence-electron chi connectivity index (χ1n) is 27.1. The van der Waals surface area contributed by atoms with Crippen LogP contribution < -0.4 is 34.5 Å². The van der Waals surface area contributed by atoms with Crippen molar-refractivity contribution in [1.82, 2.24) is 0 Å². The molecule has 2 heterocycles. The van der Waals surface area contributed by atoms with E-state index in [1.807, 2.05) is 0 Å². The average Bonchev–Trinajstić information content (AvgIpc) is 0.762. The molecule has 4 aromatic carbocycles. The second-order valence-electron chi connectivity index (χ2n) is 17.9. The van der Waals surface area contributed by atoms with Crippen molar-refractivity contribution in [3.63, 3.8) is 0 Å². The number of carboxylic acids is 1. The SMILES string of the molecule is COC(=O)/C=C/C(=O)Cl.COC(=O)/C=C/C(=O)O.COC(=O)/C=C/C(=O)Oc1cc(OC(=O)/C=C/C(=O)OC)c2c(=O)c(OC(=O)/C=C/C(=O)OC)c(-c3ccc(OC(=O)/C=C/C(=O)OC)c(OC(=O)/C=C/C(=O)OC)c3)oc2c1.O=c1c(O)c(-c2ccc(O)c(O)c2)oc2cc(O)cc(O)c12. The normalized spacial score (nSPS) is 10.7. The molecule has 0 atom stereocenters. The molecule has 0 fully saturated rings. The van der Waals surface area contributed by atoms with E-state index in [0.29, 0.717) is 66.8 Å². The van der Waals surface area contributed by atoms with Gasteiger partial charge in [-0.3, -0.25) is 14.4 Å². The molecule has 6 aromatic rings. The summed E-state index contributed by atoms with van der Waals surface area (Å²) < 4.78 is 68.1. The number of aromatic hydroxyl groups is 5. The van der Waals surface area contributed by atoms with Gasteiger partial charge >= 0.3 is 77.6 Å². The molecular weight excluding hydrogens is 1390 g/mol. The number of benzene rings is 4. The van der Waals surface area contributed by atoms with Crippen molar-refractivity contribution in [3.8, 4) is 80.1 Å². The predicted molar refractivity (Wildman–Crippen MR) is 339 cm³/mol. The minimum absolute atomic E-state index is 0.134. The van der Waals surface area contributed by atoms with Crippen molar-refractivity contribution in [3.05, 3.63) is 166 Å². The number of phenols is 4. The molecular formula is C65H51ClO36. The van der Waals surface area contributed by atoms with Gasteiger partial charge in [-0.1, -0.05) is 0 Å². The highest BCUT2D eigenvalue weighted by Crippen LogP contribution is 2.41. The molecule has 0 spiro atoms. The number of phenolic OH excluding ortho intramolecular Hbond substituents is 4. The van der Waals surface area contributed by atoms with Gasteiger partial charge in [-0.15, -0.1) is 0 Å². The van der Waals surface area contributed by atoms with E-state index in [2.05, 4.69) is 33.2 Å². The van der Waals surface area contributed by atoms with Crippen LogP contribution in [0, 0.1) is 0 Å². The predicted octanol–water partition coefficient (Wildman–Crippen LogP) is 3.90. The summed E-state index contributed by atoms with van der Waals surface area (Å²) in [6.45, 7) is 0. The van der Waals surface area contributed by atoms with Crippen LogP contribution in [0.5, 0.6) is 57.5 Å². The standard InChI is InChI=1S/C40H30O22.C15H10O7.C5H5ClO3.C5H6O4/c1-52-27(41)8-13-32(46)57-22-19-25(60-35(49)16-11-30(44)55-4)37-26(20-22)61-39(40(38(37)51)62-36(50)17-12-31(45)56-5)21-6-7-23(58-33(47)14-9-28(42)53-2)24(18-21)59-34(48)15-10-29(43)54-3;16-7-4-10(19)12-11(5-7)22-15(14(21)13(12)20)6-1-2-8(17)9(18)3-6;2*1-9-5(8)3-2-4(6)7/h6-20H,1-5H3;1-5,16-19,21H;2-3H,1H3;2-3H,1H3,(H,6,7)/b13-8+,14-9+,15-10+,16-11+,17-12+;;2*3-2+. The molecule has 0 saturated heterocycles. The number of fused-ring (bicyclic) bond motifs is 2. The number of allylic oxidation sites excluding steroid dienone is 1. The molecule has 0 unspecified atom stereocenters. The van der Waals surface area contributed by atoms with Crippen LogP contribution in [0.3, 0.4) is 0 Å². The van der Waals surface area contributed by atoms with Crippen LogP contribution in [-0.2, 0) is 100 Å². The number of halogens is 1. The van der Waals surface area contributed by atoms with Crippen LogP contribution in [0.15, 0.2) is 164 Å². The second kappa shape index (κ2) is 40.2. The third kappa shape index (κ3) is 26.3. The summed E-state index contributed by atoms with van der Waals surface area (Å²) in [4.78, 5) is 188. The first kappa shape index (κ1) is 81.8. The van der Waals surface area contributed by atoms with Gasteiger partial charge in [-0.2, -0.15) is 0 Å². The fraction of sp³-hybridized carbons (Fsp3) is 0.108. The summed E-state index contributed by atoms with van der Waals surface area (Å²) in [6, 6.07) is 10.4. The topological polar surface area (TPSA) is 532 Å². The van der Waals surface area contributed by atoms with Gasteiger partial charge in [-0.25, -0.2) is 62.3 Å². The van der Waals surface area contributed by atoms with E-state index in [1.165, 1.54) is 20.3 Å². The highest BCUT2D eigenvalue weighted by atomic mass is 35.5. The number of methoxy groups -OCH3 is 7. The molecule has 0 saturated carbocycles. The molecule has 36 nitrogen and oxygen atoms in total. The maximum Gasteiger partial charge on any atom is 0.336 e. The van der Waals surface area contributed by atoms with Crippen molar-refractivity contribution in [2.45, 2.75) is 0 Å². The van der Waals surface area contributed by atoms with Crippen LogP contribution in [-0.4, -0.2) is 163 Å². The van der Waals surface area contributed by atoms with Crippen LogP contribution >= 0.6 is 11.6 Å². The smallest absolute Gasteiger partial charge is 0.336 e. The number of ether oxygens (including phenoxy) is 12. The highest BCUT2D eigenvalue weighted by molar-refractivity contribution is 6.66. The van der Waals surface area contributed by atoms with Crippen molar-refractivity contribution in [2.24, 2.45) is 0 Å². The summed E-state index contributed by atoms with van der Waals surface area (Å²) in [5, 5.41) is 54.2. The summed E-state index contributed by atoms with van der Waals surface area (Å²) in [5.41, 5.74) is -3.05. The van der Waals surface area contributed by atoms with Gasteiger partial charge in [0.25, 0.3) is 0 Å². The van der Waals surface area contributed by atoms with Crippen LogP contribution in [0.1, 0.15) is 0 Å². The number of carbonyl (C=O) groups is 14. The summed E-state index contributed by atoms with van der Waals surface area (Å²) >= 11 is 4.85. The number of hydrogen-bond donors (Lipinski definition) is 6. The molecule has 0 bridgehead atoms. The number of carbonyl (C=O) groups excluding carboxylic acids is 13. The van der Waals surface area contributed by atoms with Crippen molar-refractivity contribution >= 4 is 116 Å². The molecule has 0 radical (unpaired) electrons. The van der Waals surface area contributed by atoms with Gasteiger partial charge in [0, 0.05) is 120 Å². The van der Waals surface area contributed by atoms with E-state index < -0.39 is 156 Å². The monoisotopic (exact) mass is 1440 g/mol. The molecule has 0 aliphatic heterocycles. The Kier molecular flexibility index (Phi) is 32.2. The highest BCUT2D eigenvalue weighted by Gasteiger charge is 2.27. The zero-order valence-corrected chi connectivity index (χ0v) is 53.9. The molecule has 0 aliphatic rings. The third-order valence-corrected chi connectivity index (χ3v) is 11.3. The van der Waals surface area contributed by atoms with Gasteiger partial charge in [0.1, 0.15) is 44.9 Å². The van der Waals surface area contributed by atoms with E-state index in [4.69, 9.17) is 49.2 Å². The van der Waals surface area contributed by atoms with Gasteiger partial charge in [0.2, 0.25) is 27.6 Å². The van der Waals surface area contributed by atoms with Gasteiger partial charge in [-0.05, 0) is 48.0 Å². The Morgan fingerprint density at radius 1 is 0.353 bits per heavy atom. The number of esters is 12. The largest absolute Gasteiger partial charge is 0.508 e. The van der Waals surface area contributed by atoms with E-state index in [1.54, 1.807) is 0 Å². The molecule has 2 aromatic heterocycles. The lowest BCUT2D eigenvalue weighted by Crippen LogP contribution is -2.16. The quantitative estimate of drug-likeness (QED) is 0.0149. The molecule has 534 valence electrons. The lowest BCUT2D eigenvalue weighted by molar-refractivity contribution is -0.136. The maximum absolute atomic E-state index is 14.4. The van der Waals surface area contributed by atoms with E-state index in [9.17, 15) is 102 Å². The van der Waals surface area contributed by atoms with Crippen LogP contribution in [0.2, 0.25) is 0 Å². The fourth-order valence-corrected chi connectivity index (χ4v) is 6.82. The second-order valence-corrected chi connectivity index (χ2v) is 18.3. The number of hydrogen-bond acceptors (Lipinski definition) is 35. The molecule has 0 amide bonds. The molecule has 6 rings (SSSR count). The Bertz CT molecular complexity index is 4590. The lowest BCUT2D eigenvalue weighted by Gasteiger charge is -2.14. The number of aliphatic carboxylic acids is 1. The van der Waals surface area contributed by atoms with E-state index >= 15 is 0 Å². The van der Waals surface area contributed by atoms with Crippen molar-refractivity contribution in [1.29, 1.82) is 0 Å². The lowest BCUT2D eigenvalue weighted by atomic mass is 10.1. The van der Waals surface area contributed by atoms with Crippen molar-refractivity contribution < 1.29 is 163 Å². The van der Waals surface area contributed by atoms with Gasteiger partial charge in [0.15, 0.2) is 34.5 Å². The minimum Gasteiger partial charge on any atom is -0.508 e. The van der Waals surface area contributed by atoms with Crippen LogP contribution in [0.25, 0.3) is 44.6 Å². The zero-order chi connectivity index (χ0) is 76.5. The molecule has 6 N–H and O–H groups in total. The summed E-state index contributed by atoms with van der Waals surface area (Å²) in [7, 11) is 7.52. The Morgan fingerprint density at radius 3 is 1.19 bits per heavy atom. The van der Waals surface area contributed by atoms with Gasteiger partial charge in [0.05, 0.1) is 49.8 Å². The maximum atomic E-state index is 14.4. The van der Waals surface area contributed by atoms with E-state index in [-0.39, 0.29) is 39.4 Å². The third-order valence-electron chi connectivity index (χ3n) is 11.2. The first-order chi connectivity index (χ1) is 48.2. The molecule has 102 heavy (non-hydrogen) atoms.